The zero-order valence-electron chi connectivity index (χ0n) is 15.2. The van der Waals surface area contributed by atoms with E-state index in [2.05, 4.69) is 5.32 Å². The summed E-state index contributed by atoms with van der Waals surface area (Å²) >= 11 is 1.29. The highest BCUT2D eigenvalue weighted by Gasteiger charge is 2.29. The first-order chi connectivity index (χ1) is 13.5. The second-order valence-corrected chi connectivity index (χ2v) is 7.32. The van der Waals surface area contributed by atoms with Crippen LogP contribution in [0.25, 0.3) is 0 Å². The van der Waals surface area contributed by atoms with Crippen LogP contribution in [0.3, 0.4) is 0 Å². The minimum Gasteiger partial charge on any atom is -0.456 e. The van der Waals surface area contributed by atoms with Crippen molar-refractivity contribution in [1.29, 1.82) is 0 Å². The maximum absolute atomic E-state index is 13.0. The number of para-hydroxylation sites is 1. The fraction of sp³-hybridized carbons (Fsp3) is 0.250. The van der Waals surface area contributed by atoms with E-state index in [0.717, 1.165) is 10.6 Å². The monoisotopic (exact) mass is 402 g/mol. The van der Waals surface area contributed by atoms with E-state index < -0.39 is 29.6 Å². The van der Waals surface area contributed by atoms with Gasteiger partial charge in [-0.3, -0.25) is 14.4 Å². The van der Waals surface area contributed by atoms with Crippen molar-refractivity contribution in [2.75, 3.05) is 23.4 Å². The number of hydrogen-bond acceptors (Lipinski definition) is 5. The summed E-state index contributed by atoms with van der Waals surface area (Å²) in [5.74, 6) is -1.72. The Labute approximate surface area is 166 Å². The van der Waals surface area contributed by atoms with Crippen LogP contribution in [0.1, 0.15) is 13.3 Å². The highest BCUT2D eigenvalue weighted by molar-refractivity contribution is 8.01. The molecule has 0 unspecified atom stereocenters. The minimum absolute atomic E-state index is 0.138. The van der Waals surface area contributed by atoms with Gasteiger partial charge in [-0.05, 0) is 43.3 Å². The van der Waals surface area contributed by atoms with Crippen LogP contribution in [0, 0.1) is 5.82 Å². The molecule has 2 amide bonds. The number of esters is 1. The van der Waals surface area contributed by atoms with Crippen molar-refractivity contribution >= 4 is 40.9 Å². The molecule has 1 heterocycles. The Morgan fingerprint density at radius 3 is 2.61 bits per heavy atom. The van der Waals surface area contributed by atoms with Crippen LogP contribution < -0.4 is 10.2 Å². The molecule has 1 aliphatic rings. The van der Waals surface area contributed by atoms with Gasteiger partial charge in [0.05, 0.1) is 17.4 Å². The van der Waals surface area contributed by atoms with Crippen LogP contribution in [-0.4, -0.2) is 36.2 Å². The Balaban J connectivity index is 1.54. The normalized spacial score (nSPS) is 15.4. The predicted octanol–water partition coefficient (Wildman–Crippen LogP) is 3.22. The van der Waals surface area contributed by atoms with Gasteiger partial charge in [-0.25, -0.2) is 4.39 Å². The standard InChI is InChI=1S/C20H19FN2O4S/c1-2-23(14-9-7-13(21)8-10-14)18(24)12-27-19(25)11-17-20(26)22-15-5-3-4-6-16(15)28-17/h3-10,17H,2,11-12H2,1H3,(H,22,26)/t17-/m1/s1. The number of fused-ring (bicyclic) bond motifs is 1. The van der Waals surface area contributed by atoms with E-state index in [1.807, 2.05) is 18.2 Å². The predicted molar refractivity (Wildman–Crippen MR) is 105 cm³/mol. The molecule has 0 fully saturated rings. The Bertz CT molecular complexity index is 888. The van der Waals surface area contributed by atoms with Crippen LogP contribution in [0.4, 0.5) is 15.8 Å². The molecule has 0 aromatic heterocycles. The lowest BCUT2D eigenvalue weighted by molar-refractivity contribution is -0.148. The SMILES string of the molecule is CCN(C(=O)COC(=O)C[C@H]1Sc2ccccc2NC1=O)c1ccc(F)cc1. The van der Waals surface area contributed by atoms with E-state index in [1.165, 1.54) is 40.9 Å². The summed E-state index contributed by atoms with van der Waals surface area (Å²) in [4.78, 5) is 38.9. The van der Waals surface area contributed by atoms with Gasteiger partial charge in [-0.2, -0.15) is 0 Å². The summed E-state index contributed by atoms with van der Waals surface area (Å²) in [6.45, 7) is 1.67. The quantitative estimate of drug-likeness (QED) is 0.751. The molecule has 1 N–H and O–H groups in total. The van der Waals surface area contributed by atoms with Crippen LogP contribution in [0.5, 0.6) is 0 Å². The molecule has 0 spiro atoms. The second-order valence-electron chi connectivity index (χ2n) is 6.07. The van der Waals surface area contributed by atoms with Gasteiger partial charge in [-0.15, -0.1) is 11.8 Å². The number of carbonyl (C=O) groups is 3. The number of nitrogens with zero attached hydrogens (tertiary/aromatic N) is 1. The average Bonchev–Trinajstić information content (AvgIpc) is 2.69. The van der Waals surface area contributed by atoms with Gasteiger partial charge in [0, 0.05) is 17.1 Å². The zero-order valence-corrected chi connectivity index (χ0v) is 16.0. The summed E-state index contributed by atoms with van der Waals surface area (Å²) in [5, 5.41) is 2.15. The first kappa shape index (κ1) is 19.9. The molecule has 146 valence electrons. The Morgan fingerprint density at radius 1 is 1.18 bits per heavy atom. The summed E-state index contributed by atoms with van der Waals surface area (Å²) in [5.41, 5.74) is 1.24. The molecule has 0 saturated carbocycles. The number of thioether (sulfide) groups is 1. The molecule has 0 radical (unpaired) electrons. The highest BCUT2D eigenvalue weighted by Crippen LogP contribution is 2.36. The summed E-state index contributed by atoms with van der Waals surface area (Å²) < 4.78 is 18.1. The molecule has 1 atom stereocenters. The van der Waals surface area contributed by atoms with Crippen LogP contribution in [0.2, 0.25) is 0 Å². The fourth-order valence-corrected chi connectivity index (χ4v) is 3.88. The number of rotatable bonds is 6. The van der Waals surface area contributed by atoms with Crippen LogP contribution in [0.15, 0.2) is 53.4 Å². The van der Waals surface area contributed by atoms with Gasteiger partial charge in [-0.1, -0.05) is 12.1 Å². The van der Waals surface area contributed by atoms with Gasteiger partial charge in [0.1, 0.15) is 5.82 Å². The van der Waals surface area contributed by atoms with E-state index in [9.17, 15) is 18.8 Å². The molecule has 0 saturated heterocycles. The van der Waals surface area contributed by atoms with Gasteiger partial charge < -0.3 is 15.0 Å². The molecular weight excluding hydrogens is 383 g/mol. The molecule has 3 rings (SSSR count). The maximum atomic E-state index is 13.0. The van der Waals surface area contributed by atoms with Crippen molar-refractivity contribution in [1.82, 2.24) is 0 Å². The van der Waals surface area contributed by atoms with E-state index in [-0.39, 0.29) is 12.3 Å². The summed E-state index contributed by atoms with van der Waals surface area (Å²) in [6.07, 6.45) is -0.138. The zero-order chi connectivity index (χ0) is 20.1. The number of hydrogen-bond donors (Lipinski definition) is 1. The largest absolute Gasteiger partial charge is 0.456 e. The third-order valence-corrected chi connectivity index (χ3v) is 5.45. The molecule has 2 aromatic rings. The molecule has 8 heteroatoms. The van der Waals surface area contributed by atoms with E-state index >= 15 is 0 Å². The van der Waals surface area contributed by atoms with Crippen molar-refractivity contribution in [2.45, 2.75) is 23.5 Å². The summed E-state index contributed by atoms with van der Waals surface area (Å²) in [6, 6.07) is 12.8. The van der Waals surface area contributed by atoms with Crippen molar-refractivity contribution in [2.24, 2.45) is 0 Å². The number of amides is 2. The van der Waals surface area contributed by atoms with Crippen LogP contribution >= 0.6 is 11.8 Å². The first-order valence-electron chi connectivity index (χ1n) is 8.76. The second kappa shape index (κ2) is 8.88. The number of carbonyl (C=O) groups excluding carboxylic acids is 3. The molecule has 1 aliphatic heterocycles. The molecular formula is C20H19FN2O4S. The van der Waals surface area contributed by atoms with Gasteiger partial charge in [0.2, 0.25) is 5.91 Å². The Kier molecular flexibility index (Phi) is 6.30. The fourth-order valence-electron chi connectivity index (χ4n) is 2.78. The molecule has 28 heavy (non-hydrogen) atoms. The number of halogens is 1. The number of likely N-dealkylation sites (N-methyl/N-ethyl adjacent to an activating group) is 1. The topological polar surface area (TPSA) is 75.7 Å². The number of anilines is 2. The smallest absolute Gasteiger partial charge is 0.307 e. The molecule has 0 aliphatic carbocycles. The van der Waals surface area contributed by atoms with E-state index in [0.29, 0.717) is 12.2 Å². The lowest BCUT2D eigenvalue weighted by atomic mass is 10.2. The lowest BCUT2D eigenvalue weighted by Crippen LogP contribution is -2.36. The van der Waals surface area contributed by atoms with Crippen molar-refractivity contribution in [3.63, 3.8) is 0 Å². The van der Waals surface area contributed by atoms with Crippen LogP contribution in [-0.2, 0) is 19.1 Å². The lowest BCUT2D eigenvalue weighted by Gasteiger charge is -2.24. The highest BCUT2D eigenvalue weighted by atomic mass is 32.2. The Hall–Kier alpha value is -2.87. The average molecular weight is 402 g/mol. The molecule has 6 nitrogen and oxygen atoms in total. The number of benzene rings is 2. The van der Waals surface area contributed by atoms with Crippen molar-refractivity contribution in [3.05, 3.63) is 54.3 Å². The third-order valence-electron chi connectivity index (χ3n) is 4.17. The van der Waals surface area contributed by atoms with Crippen molar-refractivity contribution in [3.8, 4) is 0 Å². The van der Waals surface area contributed by atoms with E-state index in [1.54, 1.807) is 13.0 Å². The Morgan fingerprint density at radius 2 is 1.89 bits per heavy atom. The third kappa shape index (κ3) is 4.69. The number of ether oxygens (including phenoxy) is 1. The molecule has 2 aromatic carbocycles. The van der Waals surface area contributed by atoms with Gasteiger partial charge in [0.15, 0.2) is 6.61 Å². The van der Waals surface area contributed by atoms with Crippen molar-refractivity contribution < 1.29 is 23.5 Å². The van der Waals surface area contributed by atoms with Gasteiger partial charge in [0.25, 0.3) is 5.91 Å². The molecule has 0 bridgehead atoms. The summed E-state index contributed by atoms with van der Waals surface area (Å²) in [7, 11) is 0. The number of nitrogens with one attached hydrogen (secondary N) is 1. The van der Waals surface area contributed by atoms with E-state index in [4.69, 9.17) is 4.74 Å². The van der Waals surface area contributed by atoms with Gasteiger partial charge >= 0.3 is 5.97 Å². The maximum Gasteiger partial charge on any atom is 0.307 e. The first-order valence-corrected chi connectivity index (χ1v) is 9.64. The minimum atomic E-state index is -0.629.